The third-order valence-electron chi connectivity index (χ3n) is 7.11. The van der Waals surface area contributed by atoms with E-state index in [1.54, 1.807) is 0 Å². The molecule has 0 saturated carbocycles. The van der Waals surface area contributed by atoms with Crippen LogP contribution in [0.4, 0.5) is 0 Å². The quantitative estimate of drug-likeness (QED) is 0.250. The zero-order valence-corrected chi connectivity index (χ0v) is 21.0. The molecule has 0 N–H and O–H groups in total. The van der Waals surface area contributed by atoms with Crippen molar-refractivity contribution in [3.05, 3.63) is 150 Å². The van der Waals surface area contributed by atoms with E-state index in [-0.39, 0.29) is 11.8 Å². The van der Waals surface area contributed by atoms with Crippen LogP contribution in [0, 0.1) is 0 Å². The van der Waals surface area contributed by atoms with Gasteiger partial charge in [-0.05, 0) is 39.8 Å². The van der Waals surface area contributed by atoms with Crippen molar-refractivity contribution in [1.29, 1.82) is 0 Å². The molecule has 3 heteroatoms. The van der Waals surface area contributed by atoms with Gasteiger partial charge in [0.15, 0.2) is 5.82 Å². The van der Waals surface area contributed by atoms with E-state index in [4.69, 9.17) is 9.97 Å². The number of hydrogen-bond acceptors (Lipinski definition) is 3. The summed E-state index contributed by atoms with van der Waals surface area (Å²) in [5, 5.41) is 0. The van der Waals surface area contributed by atoms with Crippen LogP contribution in [0.25, 0.3) is 33.8 Å². The van der Waals surface area contributed by atoms with Crippen molar-refractivity contribution in [2.45, 2.75) is 16.7 Å². The molecular weight excluding hydrogens is 468 g/mol. The topological polar surface area (TPSA) is 25.8 Å². The Labute approximate surface area is 221 Å². The van der Waals surface area contributed by atoms with Gasteiger partial charge in [0, 0.05) is 27.9 Å². The molecule has 1 aliphatic carbocycles. The molecule has 0 saturated heterocycles. The van der Waals surface area contributed by atoms with Crippen LogP contribution in [0.5, 0.6) is 0 Å². The van der Waals surface area contributed by atoms with E-state index in [0.29, 0.717) is 0 Å². The Morgan fingerprint density at radius 1 is 0.595 bits per heavy atom. The lowest BCUT2D eigenvalue weighted by Gasteiger charge is -2.25. The molecule has 0 fully saturated rings. The number of fused-ring (bicyclic) bond motifs is 3. The molecule has 37 heavy (non-hydrogen) atoms. The number of aromatic nitrogens is 2. The maximum Gasteiger partial charge on any atom is 0.160 e. The highest BCUT2D eigenvalue weighted by molar-refractivity contribution is 8.03. The summed E-state index contributed by atoms with van der Waals surface area (Å²) in [4.78, 5) is 12.9. The van der Waals surface area contributed by atoms with E-state index in [0.717, 1.165) is 28.3 Å². The first kappa shape index (κ1) is 22.0. The maximum atomic E-state index is 5.17. The van der Waals surface area contributed by atoms with Gasteiger partial charge in [-0.15, -0.1) is 0 Å². The number of thioether (sulfide) groups is 1. The number of rotatable bonds is 4. The Kier molecular flexibility index (Phi) is 5.56. The zero-order valence-electron chi connectivity index (χ0n) is 20.2. The molecule has 5 aromatic rings. The van der Waals surface area contributed by atoms with Crippen LogP contribution in [0.1, 0.15) is 23.1 Å². The number of nitrogens with zero attached hydrogens (tertiary/aromatic N) is 2. The third kappa shape index (κ3) is 4.12. The minimum Gasteiger partial charge on any atom is -0.232 e. The Morgan fingerprint density at radius 2 is 1.27 bits per heavy atom. The molecule has 1 aromatic heterocycles. The van der Waals surface area contributed by atoms with Crippen molar-refractivity contribution in [1.82, 2.24) is 9.97 Å². The summed E-state index contributed by atoms with van der Waals surface area (Å²) in [6.07, 6.45) is 6.77. The second kappa shape index (κ2) is 9.34. The first-order valence-electron chi connectivity index (χ1n) is 12.6. The smallest absolute Gasteiger partial charge is 0.160 e. The summed E-state index contributed by atoms with van der Waals surface area (Å²) in [6, 6.07) is 40.4. The molecule has 0 amide bonds. The fourth-order valence-electron chi connectivity index (χ4n) is 5.31. The number of benzene rings is 4. The van der Waals surface area contributed by atoms with Crippen molar-refractivity contribution in [2.75, 3.05) is 0 Å². The lowest BCUT2D eigenvalue weighted by molar-refractivity contribution is 0.697. The van der Waals surface area contributed by atoms with E-state index in [1.165, 1.54) is 26.5 Å². The van der Waals surface area contributed by atoms with Crippen LogP contribution < -0.4 is 0 Å². The molecule has 2 nitrogen and oxygen atoms in total. The van der Waals surface area contributed by atoms with E-state index < -0.39 is 0 Å². The van der Waals surface area contributed by atoms with Gasteiger partial charge in [0.25, 0.3) is 0 Å². The molecule has 2 aliphatic rings. The molecule has 1 aliphatic heterocycles. The second-order valence-electron chi connectivity index (χ2n) is 9.41. The minimum absolute atomic E-state index is 0.132. The average molecular weight is 493 g/mol. The van der Waals surface area contributed by atoms with Crippen LogP contribution in [0.15, 0.2) is 143 Å². The van der Waals surface area contributed by atoms with Gasteiger partial charge in [-0.25, -0.2) is 9.97 Å². The van der Waals surface area contributed by atoms with Gasteiger partial charge >= 0.3 is 0 Å². The molecule has 2 atom stereocenters. The zero-order chi connectivity index (χ0) is 24.6. The summed E-state index contributed by atoms with van der Waals surface area (Å²) < 4.78 is 0. The van der Waals surface area contributed by atoms with Gasteiger partial charge in [-0.3, -0.25) is 0 Å². The van der Waals surface area contributed by atoms with E-state index in [1.807, 2.05) is 36.0 Å². The fraction of sp³-hybridized carbons (Fsp3) is 0.0588. The van der Waals surface area contributed by atoms with Crippen LogP contribution in [0.2, 0.25) is 0 Å². The van der Waals surface area contributed by atoms with Crippen molar-refractivity contribution in [3.8, 4) is 33.8 Å². The van der Waals surface area contributed by atoms with Gasteiger partial charge in [0.1, 0.15) is 0 Å². The van der Waals surface area contributed by atoms with Gasteiger partial charge < -0.3 is 0 Å². The largest absolute Gasteiger partial charge is 0.232 e. The van der Waals surface area contributed by atoms with E-state index in [2.05, 4.69) is 109 Å². The average Bonchev–Trinajstić information content (AvgIpc) is 3.36. The maximum absolute atomic E-state index is 5.17. The van der Waals surface area contributed by atoms with Crippen LogP contribution in [0.3, 0.4) is 0 Å². The van der Waals surface area contributed by atoms with Gasteiger partial charge in [-0.1, -0.05) is 127 Å². The van der Waals surface area contributed by atoms with Crippen molar-refractivity contribution < 1.29 is 0 Å². The van der Waals surface area contributed by atoms with Crippen molar-refractivity contribution in [2.24, 2.45) is 0 Å². The van der Waals surface area contributed by atoms with E-state index >= 15 is 0 Å². The second-order valence-corrected chi connectivity index (χ2v) is 10.5. The molecule has 2 unspecified atom stereocenters. The molecule has 176 valence electrons. The molecule has 4 aromatic carbocycles. The molecule has 0 radical (unpaired) electrons. The minimum atomic E-state index is 0.132. The number of hydrogen-bond donors (Lipinski definition) is 0. The SMILES string of the molecule is C1=CC(c2cc(-c3ccccc3)nc(-c3ccccc3)n2)C2C(=C1)Sc1ccc(-c3ccccc3)cc12. The molecule has 2 heterocycles. The predicted octanol–water partition coefficient (Wildman–Crippen LogP) is 8.90. The van der Waals surface area contributed by atoms with Gasteiger partial charge in [0.05, 0.1) is 11.4 Å². The van der Waals surface area contributed by atoms with Gasteiger partial charge in [0.2, 0.25) is 0 Å². The predicted molar refractivity (Wildman–Crippen MR) is 153 cm³/mol. The first-order chi connectivity index (χ1) is 18.3. The lowest BCUT2D eigenvalue weighted by atomic mass is 9.80. The normalized spacial score (nSPS) is 17.7. The van der Waals surface area contributed by atoms with Crippen molar-refractivity contribution >= 4 is 11.8 Å². The standard InChI is InChI=1S/C34H24N2S/c1-4-11-23(12-5-1)26-19-20-31-28(21-26)33-27(17-10-18-32(33)37-31)30-22-29(24-13-6-2-7-14-24)35-34(36-30)25-15-8-3-9-16-25/h1-22,27,33H. The summed E-state index contributed by atoms with van der Waals surface area (Å²) in [6.45, 7) is 0. The Balaban J connectivity index is 1.36. The monoisotopic (exact) mass is 492 g/mol. The highest BCUT2D eigenvalue weighted by Crippen LogP contribution is 2.56. The summed E-state index contributed by atoms with van der Waals surface area (Å²) in [5.74, 6) is 1.15. The molecular formula is C34H24N2S. The van der Waals surface area contributed by atoms with Crippen LogP contribution >= 0.6 is 11.8 Å². The number of allylic oxidation sites excluding steroid dienone is 4. The first-order valence-corrected chi connectivity index (χ1v) is 13.4. The van der Waals surface area contributed by atoms with Crippen molar-refractivity contribution in [3.63, 3.8) is 0 Å². The Bertz CT molecular complexity index is 1580. The highest BCUT2D eigenvalue weighted by atomic mass is 32.2. The van der Waals surface area contributed by atoms with Crippen LogP contribution in [-0.4, -0.2) is 9.97 Å². The molecule has 0 bridgehead atoms. The lowest BCUT2D eigenvalue weighted by Crippen LogP contribution is -2.13. The van der Waals surface area contributed by atoms with E-state index in [9.17, 15) is 0 Å². The van der Waals surface area contributed by atoms with Gasteiger partial charge in [-0.2, -0.15) is 0 Å². The Hall–Kier alpha value is -4.21. The van der Waals surface area contributed by atoms with Crippen LogP contribution in [-0.2, 0) is 0 Å². The molecule has 7 rings (SSSR count). The summed E-state index contributed by atoms with van der Waals surface area (Å²) in [7, 11) is 0. The Morgan fingerprint density at radius 3 is 2.00 bits per heavy atom. The highest BCUT2D eigenvalue weighted by Gasteiger charge is 2.37. The third-order valence-corrected chi connectivity index (χ3v) is 8.33. The fourth-order valence-corrected chi connectivity index (χ4v) is 6.55. The summed E-state index contributed by atoms with van der Waals surface area (Å²) in [5.41, 5.74) is 8.03. The summed E-state index contributed by atoms with van der Waals surface area (Å²) >= 11 is 1.89. The molecule has 0 spiro atoms.